The van der Waals surface area contributed by atoms with E-state index in [-0.39, 0.29) is 5.92 Å². The number of esters is 2. The molecule has 0 aliphatic carbocycles. The Balaban J connectivity index is 1.97. The minimum atomic E-state index is -0.421. The van der Waals surface area contributed by atoms with E-state index in [0.29, 0.717) is 22.5 Å². The van der Waals surface area contributed by atoms with Gasteiger partial charge in [0.2, 0.25) is 0 Å². The first kappa shape index (κ1) is 17.9. The lowest BCUT2D eigenvalue weighted by molar-refractivity contribution is 0.0594. The van der Waals surface area contributed by atoms with Gasteiger partial charge in [0.1, 0.15) is 0 Å². The van der Waals surface area contributed by atoms with E-state index in [0.717, 1.165) is 21.8 Å². The molecule has 0 spiro atoms. The van der Waals surface area contributed by atoms with Gasteiger partial charge < -0.3 is 19.4 Å². The Bertz CT molecular complexity index is 1110. The fraction of sp³-hybridized carbons (Fsp3) is 0.182. The Morgan fingerprint density at radius 2 is 1.14 bits per heavy atom. The number of ether oxygens (including phenoxy) is 2. The van der Waals surface area contributed by atoms with Crippen molar-refractivity contribution >= 4 is 33.7 Å². The molecule has 0 radical (unpaired) electrons. The lowest BCUT2D eigenvalue weighted by Gasteiger charge is -2.13. The number of carbonyl (C=O) groups is 2. The minimum Gasteiger partial charge on any atom is -0.465 e. The number of aromatic nitrogens is 2. The molecule has 0 saturated carbocycles. The third kappa shape index (κ3) is 2.65. The van der Waals surface area contributed by atoms with Crippen molar-refractivity contribution in [2.45, 2.75) is 12.8 Å². The van der Waals surface area contributed by atoms with Gasteiger partial charge in [-0.1, -0.05) is 43.3 Å². The summed E-state index contributed by atoms with van der Waals surface area (Å²) in [7, 11) is 2.72. The summed E-state index contributed by atoms with van der Waals surface area (Å²) < 4.78 is 10.1. The largest absolute Gasteiger partial charge is 0.465 e. The first-order chi connectivity index (χ1) is 13.6. The van der Waals surface area contributed by atoms with Crippen LogP contribution in [0.4, 0.5) is 0 Å². The van der Waals surface area contributed by atoms with Crippen molar-refractivity contribution in [3.8, 4) is 0 Å². The highest BCUT2D eigenvalue weighted by atomic mass is 16.5. The second kappa shape index (κ2) is 6.88. The van der Waals surface area contributed by atoms with Crippen LogP contribution >= 0.6 is 0 Å². The molecule has 28 heavy (non-hydrogen) atoms. The van der Waals surface area contributed by atoms with E-state index < -0.39 is 11.9 Å². The highest BCUT2D eigenvalue weighted by Crippen LogP contribution is 2.36. The number of benzene rings is 2. The third-order valence-corrected chi connectivity index (χ3v) is 5.12. The maximum Gasteiger partial charge on any atom is 0.340 e. The molecule has 2 aromatic carbocycles. The van der Waals surface area contributed by atoms with Gasteiger partial charge in [-0.3, -0.25) is 0 Å². The monoisotopic (exact) mass is 376 g/mol. The number of methoxy groups -OCH3 is 2. The van der Waals surface area contributed by atoms with Gasteiger partial charge in [0, 0.05) is 39.1 Å². The van der Waals surface area contributed by atoms with E-state index in [9.17, 15) is 9.59 Å². The second-order valence-corrected chi connectivity index (χ2v) is 6.62. The Labute approximate surface area is 161 Å². The minimum absolute atomic E-state index is 0.303. The predicted octanol–water partition coefficient (Wildman–Crippen LogP) is 4.37. The molecular weight excluding hydrogens is 356 g/mol. The van der Waals surface area contributed by atoms with Crippen molar-refractivity contribution in [3.63, 3.8) is 0 Å². The van der Waals surface area contributed by atoms with Gasteiger partial charge in [0.05, 0.1) is 25.3 Å². The lowest BCUT2D eigenvalue weighted by Crippen LogP contribution is -2.11. The van der Waals surface area contributed by atoms with Gasteiger partial charge in [0.15, 0.2) is 0 Å². The smallest absolute Gasteiger partial charge is 0.340 e. The number of rotatable bonds is 4. The number of H-pyrrole nitrogens is 2. The van der Waals surface area contributed by atoms with Crippen molar-refractivity contribution in [3.05, 3.63) is 71.0 Å². The Morgan fingerprint density at radius 1 is 0.750 bits per heavy atom. The fourth-order valence-electron chi connectivity index (χ4n) is 3.76. The van der Waals surface area contributed by atoms with Crippen LogP contribution in [0.25, 0.3) is 21.8 Å². The number of aromatic amines is 2. The molecule has 4 aromatic rings. The zero-order chi connectivity index (χ0) is 19.8. The molecule has 2 N–H and O–H groups in total. The summed E-state index contributed by atoms with van der Waals surface area (Å²) in [4.78, 5) is 31.8. The Hall–Kier alpha value is -3.54. The van der Waals surface area contributed by atoms with Gasteiger partial charge in [0.25, 0.3) is 0 Å². The summed E-state index contributed by atoms with van der Waals surface area (Å²) in [5.41, 5.74) is 3.98. The molecular formula is C22H20N2O4. The zero-order valence-corrected chi connectivity index (χ0v) is 15.8. The second-order valence-electron chi connectivity index (χ2n) is 6.62. The average molecular weight is 376 g/mol. The van der Waals surface area contributed by atoms with E-state index in [4.69, 9.17) is 9.47 Å². The first-order valence-corrected chi connectivity index (χ1v) is 8.94. The first-order valence-electron chi connectivity index (χ1n) is 8.94. The van der Waals surface area contributed by atoms with Gasteiger partial charge >= 0.3 is 11.9 Å². The van der Waals surface area contributed by atoms with Crippen LogP contribution in [0.3, 0.4) is 0 Å². The normalized spacial score (nSPS) is 11.3. The fourth-order valence-corrected chi connectivity index (χ4v) is 3.76. The molecule has 0 bridgehead atoms. The molecule has 2 heterocycles. The molecule has 0 saturated heterocycles. The molecule has 6 nitrogen and oxygen atoms in total. The summed E-state index contributed by atoms with van der Waals surface area (Å²) in [5, 5.41) is 1.57. The van der Waals surface area contributed by atoms with E-state index in [1.807, 2.05) is 55.5 Å². The van der Waals surface area contributed by atoms with E-state index >= 15 is 0 Å². The van der Waals surface area contributed by atoms with Crippen LogP contribution in [0.1, 0.15) is 44.9 Å². The summed E-state index contributed by atoms with van der Waals surface area (Å²) in [6, 6.07) is 15.1. The van der Waals surface area contributed by atoms with Crippen molar-refractivity contribution in [2.75, 3.05) is 14.2 Å². The zero-order valence-electron chi connectivity index (χ0n) is 15.8. The number of hydrogen-bond donors (Lipinski definition) is 2. The number of carbonyl (C=O) groups excluding carboxylic acids is 2. The Kier molecular flexibility index (Phi) is 4.39. The highest BCUT2D eigenvalue weighted by Gasteiger charge is 2.29. The summed E-state index contributed by atoms with van der Waals surface area (Å²) in [6.45, 7) is 1.94. The number of para-hydroxylation sites is 2. The maximum atomic E-state index is 12.5. The van der Waals surface area contributed by atoms with Crippen LogP contribution in [0.15, 0.2) is 48.5 Å². The van der Waals surface area contributed by atoms with Crippen LogP contribution in [0.2, 0.25) is 0 Å². The van der Waals surface area contributed by atoms with Gasteiger partial charge in [-0.05, 0) is 12.1 Å². The molecule has 0 aliphatic rings. The van der Waals surface area contributed by atoms with E-state index in [1.54, 1.807) is 0 Å². The van der Waals surface area contributed by atoms with Crippen molar-refractivity contribution < 1.29 is 19.1 Å². The van der Waals surface area contributed by atoms with Crippen LogP contribution in [-0.2, 0) is 9.47 Å². The topological polar surface area (TPSA) is 84.2 Å². The summed E-state index contributed by atoms with van der Waals surface area (Å²) in [5.74, 6) is -1.15. The molecule has 0 aliphatic heterocycles. The maximum absolute atomic E-state index is 12.5. The molecule has 142 valence electrons. The van der Waals surface area contributed by atoms with E-state index in [2.05, 4.69) is 9.97 Å². The molecule has 6 heteroatoms. The third-order valence-electron chi connectivity index (χ3n) is 5.12. The highest BCUT2D eigenvalue weighted by molar-refractivity contribution is 6.07. The van der Waals surface area contributed by atoms with Crippen molar-refractivity contribution in [2.24, 2.45) is 0 Å². The molecule has 0 atom stereocenters. The quantitative estimate of drug-likeness (QED) is 0.518. The van der Waals surface area contributed by atoms with Crippen molar-refractivity contribution in [1.82, 2.24) is 9.97 Å². The summed E-state index contributed by atoms with van der Waals surface area (Å²) >= 11 is 0. The van der Waals surface area contributed by atoms with Crippen LogP contribution in [0.5, 0.6) is 0 Å². The molecule has 2 aromatic heterocycles. The lowest BCUT2D eigenvalue weighted by atomic mass is 9.95. The van der Waals surface area contributed by atoms with Crippen molar-refractivity contribution in [1.29, 1.82) is 0 Å². The van der Waals surface area contributed by atoms with E-state index in [1.165, 1.54) is 14.2 Å². The Morgan fingerprint density at radius 3 is 1.54 bits per heavy atom. The molecule has 0 fully saturated rings. The molecule has 0 amide bonds. The molecule has 0 unspecified atom stereocenters. The van der Waals surface area contributed by atoms with Gasteiger partial charge in [-0.25, -0.2) is 9.59 Å². The van der Waals surface area contributed by atoms with Crippen LogP contribution in [-0.4, -0.2) is 36.1 Å². The standard InChI is InChI=1S/C22H20N2O4/c1-12(19-17(21(25)27-2)13-8-4-6-10-15(13)23-19)20-18(22(26)28-3)14-9-5-7-11-16(14)24-20/h4-12,23-24H,1-3H3. The molecule has 4 rings (SSSR count). The van der Waals surface area contributed by atoms with Crippen LogP contribution < -0.4 is 0 Å². The predicted molar refractivity (Wildman–Crippen MR) is 107 cm³/mol. The SMILES string of the molecule is COC(=O)c1c(C(C)c2[nH]c3ccccc3c2C(=O)OC)[nH]c2ccccc12. The van der Waals surface area contributed by atoms with Gasteiger partial charge in [-0.2, -0.15) is 0 Å². The number of hydrogen-bond acceptors (Lipinski definition) is 4. The summed E-state index contributed by atoms with van der Waals surface area (Å²) in [6.07, 6.45) is 0. The number of nitrogens with one attached hydrogen (secondary N) is 2. The van der Waals surface area contributed by atoms with Crippen LogP contribution in [0, 0.1) is 0 Å². The van der Waals surface area contributed by atoms with Gasteiger partial charge in [-0.15, -0.1) is 0 Å². The average Bonchev–Trinajstić information content (AvgIpc) is 3.31. The number of fused-ring (bicyclic) bond motifs is 2.